The van der Waals surface area contributed by atoms with Crippen LogP contribution in [0.1, 0.15) is 75.3 Å². The molecule has 0 aliphatic carbocycles. The monoisotopic (exact) mass is 620 g/mol. The molecule has 4 aromatic carbocycles. The van der Waals surface area contributed by atoms with Crippen molar-refractivity contribution in [3.8, 4) is 11.5 Å². The Morgan fingerprint density at radius 2 is 0.870 bits per heavy atom. The van der Waals surface area contributed by atoms with Crippen molar-refractivity contribution in [3.05, 3.63) is 120 Å². The van der Waals surface area contributed by atoms with Gasteiger partial charge in [0.15, 0.2) is 0 Å². The normalized spacial score (nSPS) is 10.7. The molecule has 0 saturated heterocycles. The third kappa shape index (κ3) is 14.0. The Morgan fingerprint density at radius 3 is 1.30 bits per heavy atom. The topological polar surface area (TPSA) is 76.7 Å². The van der Waals surface area contributed by atoms with Crippen molar-refractivity contribution in [2.24, 2.45) is 0 Å². The highest BCUT2D eigenvalue weighted by molar-refractivity contribution is 5.91. The summed E-state index contributed by atoms with van der Waals surface area (Å²) in [6.45, 7) is 1.27. The molecule has 0 saturated carbocycles. The van der Waals surface area contributed by atoms with E-state index in [9.17, 15) is 9.59 Å². The first kappa shape index (κ1) is 34.3. The van der Waals surface area contributed by atoms with E-state index in [1.54, 1.807) is 0 Å². The Bertz CT molecular complexity index is 1330. The van der Waals surface area contributed by atoms with Crippen LogP contribution in [0.25, 0.3) is 0 Å². The van der Waals surface area contributed by atoms with Gasteiger partial charge in [0.25, 0.3) is 0 Å². The second kappa shape index (κ2) is 20.5. The summed E-state index contributed by atoms with van der Waals surface area (Å²) in [6.07, 6.45) is 10.7. The molecule has 4 aromatic rings. The zero-order valence-electron chi connectivity index (χ0n) is 26.9. The smallest absolute Gasteiger partial charge is 0.224 e. The molecule has 0 heterocycles. The summed E-state index contributed by atoms with van der Waals surface area (Å²) in [4.78, 5) is 24.9. The first-order chi connectivity index (χ1) is 22.6. The van der Waals surface area contributed by atoms with Gasteiger partial charge in [-0.3, -0.25) is 9.59 Å². The van der Waals surface area contributed by atoms with Crippen molar-refractivity contribution in [1.82, 2.24) is 0 Å². The van der Waals surface area contributed by atoms with Crippen molar-refractivity contribution in [2.75, 3.05) is 23.8 Å². The van der Waals surface area contributed by atoms with Crippen LogP contribution < -0.4 is 20.1 Å². The number of unbranched alkanes of at least 4 members (excludes halogenated alkanes) is 5. The van der Waals surface area contributed by atoms with Crippen LogP contribution in [0, 0.1) is 0 Å². The molecule has 0 aliphatic heterocycles. The highest BCUT2D eigenvalue weighted by Gasteiger charge is 2.06. The standard InChI is InChI=1S/C40H48N2O4/c43-39(41-35-23-13-25-37(31-35)45-29-15-21-33-17-7-5-8-18-33)27-11-3-1-2-4-12-28-40(44)42-36-24-14-26-38(32-36)46-30-16-22-34-19-9-6-10-20-34/h5-10,13-14,17-20,23-26,31-32H,1-4,11-12,15-16,21-22,27-30H2,(H,41,43)(H,42,44). The van der Waals surface area contributed by atoms with E-state index in [1.165, 1.54) is 11.1 Å². The third-order valence-corrected chi connectivity index (χ3v) is 7.74. The number of hydrogen-bond acceptors (Lipinski definition) is 4. The summed E-state index contributed by atoms with van der Waals surface area (Å²) >= 11 is 0. The Balaban J connectivity index is 0.993. The third-order valence-electron chi connectivity index (χ3n) is 7.74. The summed E-state index contributed by atoms with van der Waals surface area (Å²) < 4.78 is 11.8. The minimum Gasteiger partial charge on any atom is -0.494 e. The molecule has 4 rings (SSSR count). The summed E-state index contributed by atoms with van der Waals surface area (Å²) in [5.74, 6) is 1.60. The van der Waals surface area contributed by atoms with Crippen molar-refractivity contribution in [1.29, 1.82) is 0 Å². The molecule has 0 unspecified atom stereocenters. The molecule has 6 nitrogen and oxygen atoms in total. The Hall–Kier alpha value is -4.58. The number of carbonyl (C=O) groups excluding carboxylic acids is 2. The van der Waals surface area contributed by atoms with Gasteiger partial charge in [0.05, 0.1) is 13.2 Å². The molecule has 0 spiro atoms. The average Bonchev–Trinajstić information content (AvgIpc) is 3.07. The van der Waals surface area contributed by atoms with Crippen molar-refractivity contribution in [2.45, 2.75) is 77.0 Å². The number of nitrogens with one attached hydrogen (secondary N) is 2. The van der Waals surface area contributed by atoms with Crippen LogP contribution in [0.15, 0.2) is 109 Å². The number of amides is 2. The molecule has 0 aliphatic rings. The van der Waals surface area contributed by atoms with E-state index in [4.69, 9.17) is 9.47 Å². The number of hydrogen-bond donors (Lipinski definition) is 2. The lowest BCUT2D eigenvalue weighted by Gasteiger charge is -2.10. The molecule has 0 bridgehead atoms. The second-order valence-corrected chi connectivity index (χ2v) is 11.6. The maximum Gasteiger partial charge on any atom is 0.224 e. The van der Waals surface area contributed by atoms with Crippen LogP contribution in [0.3, 0.4) is 0 Å². The first-order valence-electron chi connectivity index (χ1n) is 16.8. The van der Waals surface area contributed by atoms with E-state index in [2.05, 4.69) is 59.2 Å². The number of benzene rings is 4. The first-order valence-corrected chi connectivity index (χ1v) is 16.8. The molecule has 2 N–H and O–H groups in total. The molecule has 0 radical (unpaired) electrons. The lowest BCUT2D eigenvalue weighted by atomic mass is 10.1. The molecule has 0 atom stereocenters. The minimum absolute atomic E-state index is 0.0274. The van der Waals surface area contributed by atoms with Gasteiger partial charge in [-0.15, -0.1) is 0 Å². The molecule has 46 heavy (non-hydrogen) atoms. The lowest BCUT2D eigenvalue weighted by Crippen LogP contribution is -2.11. The van der Waals surface area contributed by atoms with E-state index in [-0.39, 0.29) is 11.8 Å². The molecule has 242 valence electrons. The predicted octanol–water partition coefficient (Wildman–Crippen LogP) is 9.41. The van der Waals surface area contributed by atoms with Gasteiger partial charge < -0.3 is 20.1 Å². The Morgan fingerprint density at radius 1 is 0.457 bits per heavy atom. The summed E-state index contributed by atoms with van der Waals surface area (Å²) in [7, 11) is 0. The van der Waals surface area contributed by atoms with Crippen LogP contribution in [0.5, 0.6) is 11.5 Å². The Labute approximate surface area is 274 Å². The van der Waals surface area contributed by atoms with Gasteiger partial charge in [-0.05, 0) is 73.9 Å². The fourth-order valence-corrected chi connectivity index (χ4v) is 5.27. The van der Waals surface area contributed by atoms with Crippen LogP contribution in [-0.2, 0) is 22.4 Å². The molecule has 0 fully saturated rings. The van der Waals surface area contributed by atoms with Crippen LogP contribution in [0.4, 0.5) is 11.4 Å². The van der Waals surface area contributed by atoms with E-state index in [1.807, 2.05) is 60.7 Å². The molecule has 2 amide bonds. The summed E-state index contributed by atoms with van der Waals surface area (Å²) in [5, 5.41) is 5.99. The molecule has 0 aromatic heterocycles. The number of rotatable bonds is 21. The zero-order chi connectivity index (χ0) is 32.1. The van der Waals surface area contributed by atoms with Crippen LogP contribution in [0.2, 0.25) is 0 Å². The fraction of sp³-hybridized carbons (Fsp3) is 0.350. The number of anilines is 2. The number of ether oxygens (including phenoxy) is 2. The molecular formula is C40H48N2O4. The van der Waals surface area contributed by atoms with E-state index in [0.29, 0.717) is 26.1 Å². The maximum absolute atomic E-state index is 12.4. The maximum atomic E-state index is 12.4. The number of aryl methyl sites for hydroxylation is 2. The van der Waals surface area contributed by atoms with Crippen molar-refractivity contribution in [3.63, 3.8) is 0 Å². The Kier molecular flexibility index (Phi) is 15.2. The van der Waals surface area contributed by atoms with Gasteiger partial charge in [0.1, 0.15) is 11.5 Å². The lowest BCUT2D eigenvalue weighted by molar-refractivity contribution is -0.117. The quantitative estimate of drug-likeness (QED) is 0.0910. The second-order valence-electron chi connectivity index (χ2n) is 11.6. The average molecular weight is 621 g/mol. The van der Waals surface area contributed by atoms with E-state index < -0.39 is 0 Å². The van der Waals surface area contributed by atoms with Crippen molar-refractivity contribution < 1.29 is 19.1 Å². The minimum atomic E-state index is 0.0274. The molecular weight excluding hydrogens is 572 g/mol. The predicted molar refractivity (Wildman–Crippen MR) is 188 cm³/mol. The van der Waals surface area contributed by atoms with Crippen molar-refractivity contribution >= 4 is 23.2 Å². The SMILES string of the molecule is O=C(CCCCCCCCC(=O)Nc1cccc(OCCCc2ccccc2)c1)Nc1cccc(OCCCc2ccccc2)c1. The largest absolute Gasteiger partial charge is 0.494 e. The fourth-order valence-electron chi connectivity index (χ4n) is 5.27. The van der Waals surface area contributed by atoms with Gasteiger partial charge in [-0.2, -0.15) is 0 Å². The highest BCUT2D eigenvalue weighted by Crippen LogP contribution is 2.20. The van der Waals surface area contributed by atoms with E-state index >= 15 is 0 Å². The number of carbonyl (C=O) groups is 2. The van der Waals surface area contributed by atoms with Gasteiger partial charge in [0.2, 0.25) is 11.8 Å². The molecule has 6 heteroatoms. The van der Waals surface area contributed by atoms with E-state index in [0.717, 1.165) is 87.1 Å². The highest BCUT2D eigenvalue weighted by atomic mass is 16.5. The van der Waals surface area contributed by atoms with Gasteiger partial charge in [-0.1, -0.05) is 98.5 Å². The van der Waals surface area contributed by atoms with Crippen LogP contribution >= 0.6 is 0 Å². The van der Waals surface area contributed by atoms with Gasteiger partial charge in [-0.25, -0.2) is 0 Å². The zero-order valence-corrected chi connectivity index (χ0v) is 26.9. The summed E-state index contributed by atoms with van der Waals surface area (Å²) in [6, 6.07) is 36.0. The van der Waals surface area contributed by atoms with Crippen LogP contribution in [-0.4, -0.2) is 25.0 Å². The summed E-state index contributed by atoms with van der Waals surface area (Å²) in [5.41, 5.74) is 4.15. The van der Waals surface area contributed by atoms with Gasteiger partial charge >= 0.3 is 0 Å². The van der Waals surface area contributed by atoms with Gasteiger partial charge in [0, 0.05) is 36.3 Å².